The van der Waals surface area contributed by atoms with Gasteiger partial charge in [-0.05, 0) is 60.7 Å². The Morgan fingerprint density at radius 3 is 1.96 bits per heavy atom. The minimum Gasteiger partial charge on any atom is -0.456 e. The van der Waals surface area contributed by atoms with Crippen LogP contribution in [0.3, 0.4) is 0 Å². The van der Waals surface area contributed by atoms with Crippen LogP contribution in [0.4, 0.5) is 0 Å². The number of rotatable bonds is 1. The summed E-state index contributed by atoms with van der Waals surface area (Å²) in [5, 5.41) is 2.12. The third-order valence-corrected chi connectivity index (χ3v) is 5.78. The molecule has 5 aromatic carbocycles. The molecule has 0 aliphatic heterocycles. The predicted molar refractivity (Wildman–Crippen MR) is 122 cm³/mol. The van der Waals surface area contributed by atoms with Crippen LogP contribution >= 0.6 is 15.9 Å². The highest BCUT2D eigenvalue weighted by Crippen LogP contribution is 2.45. The van der Waals surface area contributed by atoms with Crippen LogP contribution in [0, 0.1) is 0 Å². The van der Waals surface area contributed by atoms with Gasteiger partial charge in [0.2, 0.25) is 0 Å². The van der Waals surface area contributed by atoms with Crippen LogP contribution in [0.15, 0.2) is 99.7 Å². The van der Waals surface area contributed by atoms with E-state index in [1.54, 1.807) is 18.2 Å². The van der Waals surface area contributed by atoms with E-state index in [2.05, 4.69) is 15.9 Å². The molecule has 0 aliphatic carbocycles. The Morgan fingerprint density at radius 1 is 0.643 bits per heavy atom. The van der Waals surface area contributed by atoms with E-state index in [0.717, 1.165) is 5.39 Å². The van der Waals surface area contributed by atoms with Crippen molar-refractivity contribution in [3.63, 3.8) is 0 Å². The standard InChI is InChI=1S/C26H15BrO/c27-26-18-10-3-1-8-16(18)24(17-9-2-4-11-19(17)26)21-13-7-15-23-25(21)20-12-5-6-14-22(20)28-23/h1-15H/i1D,2D,3D,4D,8D,9D,10D,11D. The highest BCUT2D eigenvalue weighted by atomic mass is 79.9. The van der Waals surface area contributed by atoms with Gasteiger partial charge >= 0.3 is 0 Å². The van der Waals surface area contributed by atoms with Crippen molar-refractivity contribution < 1.29 is 15.4 Å². The van der Waals surface area contributed by atoms with E-state index in [4.69, 9.17) is 15.4 Å². The van der Waals surface area contributed by atoms with Crippen LogP contribution < -0.4 is 0 Å². The zero-order chi connectivity index (χ0) is 25.6. The highest BCUT2D eigenvalue weighted by molar-refractivity contribution is 9.10. The van der Waals surface area contributed by atoms with Crippen molar-refractivity contribution in [2.24, 2.45) is 0 Å². The lowest BCUT2D eigenvalue weighted by Gasteiger charge is -2.15. The summed E-state index contributed by atoms with van der Waals surface area (Å²) in [6.07, 6.45) is 0. The highest BCUT2D eigenvalue weighted by Gasteiger charge is 2.18. The molecule has 6 rings (SSSR count). The van der Waals surface area contributed by atoms with Gasteiger partial charge in [-0.2, -0.15) is 0 Å². The molecule has 0 N–H and O–H groups in total. The first-order valence-electron chi connectivity index (χ1n) is 12.7. The zero-order valence-electron chi connectivity index (χ0n) is 22.3. The Kier molecular flexibility index (Phi) is 2.10. The number of hydrogen-bond donors (Lipinski definition) is 0. The lowest BCUT2D eigenvalue weighted by Crippen LogP contribution is -1.88. The molecule has 28 heavy (non-hydrogen) atoms. The summed E-state index contributed by atoms with van der Waals surface area (Å²) in [5.41, 5.74) is 2.04. The summed E-state index contributed by atoms with van der Waals surface area (Å²) in [7, 11) is 0. The fourth-order valence-electron chi connectivity index (χ4n) is 3.83. The second-order valence-corrected chi connectivity index (χ2v) is 7.26. The minimum atomic E-state index is -0.426. The summed E-state index contributed by atoms with van der Waals surface area (Å²) in [4.78, 5) is 0. The molecule has 0 saturated carbocycles. The van der Waals surface area contributed by atoms with Crippen LogP contribution in [0.2, 0.25) is 0 Å². The lowest BCUT2D eigenvalue weighted by atomic mass is 9.90. The number of para-hydroxylation sites is 1. The molecule has 0 unspecified atom stereocenters. The first kappa shape index (κ1) is 9.90. The molecule has 0 atom stereocenters. The van der Waals surface area contributed by atoms with Crippen molar-refractivity contribution >= 4 is 59.4 Å². The fourth-order valence-corrected chi connectivity index (χ4v) is 4.43. The summed E-state index contributed by atoms with van der Waals surface area (Å²) >= 11 is 3.44. The van der Waals surface area contributed by atoms with E-state index in [0.29, 0.717) is 27.7 Å². The van der Waals surface area contributed by atoms with Gasteiger partial charge in [-0.1, -0.05) is 78.7 Å². The molecule has 0 amide bonds. The third kappa shape index (κ3) is 2.12. The maximum Gasteiger partial charge on any atom is 0.136 e. The smallest absolute Gasteiger partial charge is 0.136 e. The van der Waals surface area contributed by atoms with Crippen molar-refractivity contribution in [2.75, 3.05) is 0 Å². The van der Waals surface area contributed by atoms with Crippen molar-refractivity contribution in [1.82, 2.24) is 0 Å². The largest absolute Gasteiger partial charge is 0.456 e. The Bertz CT molecular complexity index is 1860. The maximum absolute atomic E-state index is 8.81. The fraction of sp³-hybridized carbons (Fsp3) is 0. The molecule has 0 radical (unpaired) electrons. The Labute approximate surface area is 181 Å². The molecule has 0 spiro atoms. The Hall–Kier alpha value is -3.10. The van der Waals surface area contributed by atoms with Gasteiger partial charge in [0, 0.05) is 15.2 Å². The van der Waals surface area contributed by atoms with Crippen LogP contribution in [0.5, 0.6) is 0 Å². The van der Waals surface area contributed by atoms with E-state index in [1.807, 2.05) is 24.3 Å². The van der Waals surface area contributed by atoms with Crippen LogP contribution in [-0.4, -0.2) is 0 Å². The summed E-state index contributed by atoms with van der Waals surface area (Å²) in [5.74, 6) is 0. The van der Waals surface area contributed by atoms with Gasteiger partial charge in [0.1, 0.15) is 11.2 Å². The van der Waals surface area contributed by atoms with Gasteiger partial charge in [0.25, 0.3) is 0 Å². The van der Waals surface area contributed by atoms with Gasteiger partial charge in [-0.3, -0.25) is 0 Å². The molecular weight excluding hydrogens is 408 g/mol. The minimum absolute atomic E-state index is 0.151. The van der Waals surface area contributed by atoms with E-state index in [1.165, 1.54) is 0 Å². The Morgan fingerprint density at radius 2 is 1.25 bits per heavy atom. The molecule has 0 aliphatic rings. The first-order valence-corrected chi connectivity index (χ1v) is 9.46. The normalized spacial score (nSPS) is 15.8. The van der Waals surface area contributed by atoms with Crippen molar-refractivity contribution in [3.05, 3.63) is 95.3 Å². The van der Waals surface area contributed by atoms with Crippen LogP contribution in [0.1, 0.15) is 11.0 Å². The van der Waals surface area contributed by atoms with Crippen LogP contribution in [-0.2, 0) is 0 Å². The molecule has 6 aromatic rings. The first-order chi connectivity index (χ1) is 17.1. The van der Waals surface area contributed by atoms with Gasteiger partial charge in [-0.25, -0.2) is 0 Å². The molecule has 2 heteroatoms. The summed E-state index contributed by atoms with van der Waals surface area (Å²) in [6.45, 7) is 0. The average Bonchev–Trinajstić information content (AvgIpc) is 3.26. The van der Waals surface area contributed by atoms with E-state index < -0.39 is 24.2 Å². The molecule has 1 nitrogen and oxygen atoms in total. The topological polar surface area (TPSA) is 13.1 Å². The zero-order valence-corrected chi connectivity index (χ0v) is 15.9. The van der Waals surface area contributed by atoms with Crippen molar-refractivity contribution in [1.29, 1.82) is 0 Å². The second-order valence-electron chi connectivity index (χ2n) is 6.47. The number of fused-ring (bicyclic) bond motifs is 5. The van der Waals surface area contributed by atoms with Gasteiger partial charge < -0.3 is 4.42 Å². The molecule has 0 saturated heterocycles. The number of furan rings is 1. The number of hydrogen-bond acceptors (Lipinski definition) is 1. The van der Waals surface area contributed by atoms with Gasteiger partial charge in [-0.15, -0.1) is 0 Å². The molecule has 1 heterocycles. The van der Waals surface area contributed by atoms with Gasteiger partial charge in [0.05, 0.1) is 11.0 Å². The molecule has 0 fully saturated rings. The lowest BCUT2D eigenvalue weighted by molar-refractivity contribution is 0.669. The SMILES string of the molecule is [2H]c1c([2H])c([2H])c2c(-c3cccc4oc5ccccc5c34)c3c([2H])c([2H])c([2H])c([2H])c3c(Br)c2c1[2H]. The predicted octanol–water partition coefficient (Wildman–Crippen LogP) is 8.32. The van der Waals surface area contributed by atoms with Gasteiger partial charge in [0.15, 0.2) is 0 Å². The number of halogens is 1. The van der Waals surface area contributed by atoms with Crippen LogP contribution in [0.25, 0.3) is 54.6 Å². The average molecular weight is 431 g/mol. The van der Waals surface area contributed by atoms with E-state index >= 15 is 0 Å². The monoisotopic (exact) mass is 430 g/mol. The molecule has 132 valence electrons. The molecular formula is C26H15BrO. The molecule has 0 bridgehead atoms. The number of benzene rings is 5. The van der Waals surface area contributed by atoms with E-state index in [9.17, 15) is 0 Å². The summed E-state index contributed by atoms with van der Waals surface area (Å²) in [6, 6.07) is 9.91. The quantitative estimate of drug-likeness (QED) is 0.239. The maximum atomic E-state index is 8.81. The van der Waals surface area contributed by atoms with Crippen molar-refractivity contribution in [2.45, 2.75) is 0 Å². The summed E-state index contributed by atoms with van der Waals surface area (Å²) < 4.78 is 74.4. The molecule has 1 aromatic heterocycles. The van der Waals surface area contributed by atoms with Crippen molar-refractivity contribution in [3.8, 4) is 11.1 Å². The second kappa shape index (κ2) is 5.95. The van der Waals surface area contributed by atoms with E-state index in [-0.39, 0.29) is 50.2 Å². The Balaban J connectivity index is 2.03. The third-order valence-electron chi connectivity index (χ3n) is 4.99.